The minimum atomic E-state index is -3.02. The molecule has 28 heavy (non-hydrogen) atoms. The van der Waals surface area contributed by atoms with Crippen LogP contribution in [0.25, 0.3) is 0 Å². The molecule has 1 aliphatic heterocycles. The standard InChI is InChI=1S/C19H17BrClF3N2O2/c20-12-4-5-17(28-19(23)24)13(10-12)18(27)26-8-6-25(7-9-26)11-14-15(21)2-1-3-16(14)22/h1-5,10,19H,6-9,11H2. The summed E-state index contributed by atoms with van der Waals surface area (Å²) in [6.45, 7) is -0.901. The first-order valence-electron chi connectivity index (χ1n) is 8.54. The highest BCUT2D eigenvalue weighted by atomic mass is 79.9. The molecule has 4 nitrogen and oxygen atoms in total. The molecule has 0 saturated carbocycles. The number of amides is 1. The van der Waals surface area contributed by atoms with Gasteiger partial charge in [-0.15, -0.1) is 0 Å². The molecule has 0 aromatic heterocycles. The first kappa shape index (κ1) is 21.0. The monoisotopic (exact) mass is 476 g/mol. The predicted molar refractivity (Wildman–Crippen MR) is 103 cm³/mol. The van der Waals surface area contributed by atoms with Crippen molar-refractivity contribution < 1.29 is 22.7 Å². The molecule has 0 N–H and O–H groups in total. The third-order valence-electron chi connectivity index (χ3n) is 4.49. The van der Waals surface area contributed by atoms with Gasteiger partial charge in [-0.2, -0.15) is 8.78 Å². The fraction of sp³-hybridized carbons (Fsp3) is 0.316. The van der Waals surface area contributed by atoms with Crippen molar-refractivity contribution >= 4 is 33.4 Å². The maximum Gasteiger partial charge on any atom is 0.387 e. The second-order valence-electron chi connectivity index (χ2n) is 6.29. The van der Waals surface area contributed by atoms with Crippen LogP contribution in [-0.2, 0) is 6.54 Å². The number of hydrogen-bond donors (Lipinski definition) is 0. The summed E-state index contributed by atoms with van der Waals surface area (Å²) < 4.78 is 44.3. The molecule has 0 radical (unpaired) electrons. The second kappa shape index (κ2) is 9.15. The van der Waals surface area contributed by atoms with Gasteiger partial charge in [0.25, 0.3) is 5.91 Å². The van der Waals surface area contributed by atoms with E-state index in [1.807, 2.05) is 4.90 Å². The average molecular weight is 478 g/mol. The summed E-state index contributed by atoms with van der Waals surface area (Å²) in [5.41, 5.74) is 0.490. The minimum absolute atomic E-state index is 0.0697. The number of hydrogen-bond acceptors (Lipinski definition) is 3. The number of carbonyl (C=O) groups is 1. The van der Waals surface area contributed by atoms with Crippen LogP contribution >= 0.6 is 27.5 Å². The lowest BCUT2D eigenvalue weighted by atomic mass is 10.1. The van der Waals surface area contributed by atoms with Crippen molar-refractivity contribution in [1.29, 1.82) is 0 Å². The lowest BCUT2D eigenvalue weighted by Crippen LogP contribution is -2.48. The number of benzene rings is 2. The van der Waals surface area contributed by atoms with Crippen LogP contribution in [0.5, 0.6) is 5.75 Å². The van der Waals surface area contributed by atoms with E-state index in [4.69, 9.17) is 11.6 Å². The quantitative estimate of drug-likeness (QED) is 0.620. The fourth-order valence-electron chi connectivity index (χ4n) is 3.05. The third-order valence-corrected chi connectivity index (χ3v) is 5.34. The molecule has 2 aromatic rings. The summed E-state index contributed by atoms with van der Waals surface area (Å²) in [6.07, 6.45) is 0. The molecule has 0 atom stereocenters. The molecule has 1 fully saturated rings. The first-order valence-corrected chi connectivity index (χ1v) is 9.71. The van der Waals surface area contributed by atoms with Gasteiger partial charge >= 0.3 is 6.61 Å². The lowest BCUT2D eigenvalue weighted by molar-refractivity contribution is -0.0503. The molecule has 0 unspecified atom stereocenters. The topological polar surface area (TPSA) is 32.8 Å². The molecule has 1 saturated heterocycles. The molecule has 9 heteroatoms. The molecule has 1 amide bonds. The van der Waals surface area contributed by atoms with Gasteiger partial charge in [0.05, 0.1) is 5.56 Å². The van der Waals surface area contributed by atoms with Gasteiger partial charge in [-0.1, -0.05) is 33.6 Å². The molecule has 0 spiro atoms. The van der Waals surface area contributed by atoms with Crippen LogP contribution in [0.1, 0.15) is 15.9 Å². The van der Waals surface area contributed by atoms with E-state index < -0.39 is 6.61 Å². The predicted octanol–water partition coefficient (Wildman–Crippen LogP) is 4.80. The summed E-state index contributed by atoms with van der Waals surface area (Å²) in [7, 11) is 0. The van der Waals surface area contributed by atoms with Crippen molar-refractivity contribution in [3.8, 4) is 5.75 Å². The molecule has 150 valence electrons. The van der Waals surface area contributed by atoms with E-state index in [2.05, 4.69) is 20.7 Å². The maximum atomic E-state index is 14.0. The van der Waals surface area contributed by atoms with Crippen LogP contribution < -0.4 is 4.74 Å². The Labute approximate surface area is 173 Å². The van der Waals surface area contributed by atoms with Gasteiger partial charge in [0.2, 0.25) is 0 Å². The fourth-order valence-corrected chi connectivity index (χ4v) is 3.64. The Morgan fingerprint density at radius 2 is 1.89 bits per heavy atom. The molecular weight excluding hydrogens is 461 g/mol. The molecule has 0 bridgehead atoms. The number of halogens is 5. The second-order valence-corrected chi connectivity index (χ2v) is 7.61. The Morgan fingerprint density at radius 1 is 1.18 bits per heavy atom. The Bertz CT molecular complexity index is 841. The van der Waals surface area contributed by atoms with Crippen LogP contribution in [0.3, 0.4) is 0 Å². The van der Waals surface area contributed by atoms with Crippen LogP contribution in [-0.4, -0.2) is 48.5 Å². The van der Waals surface area contributed by atoms with Crippen LogP contribution in [0, 0.1) is 5.82 Å². The van der Waals surface area contributed by atoms with Gasteiger partial charge in [0.15, 0.2) is 0 Å². The molecule has 2 aromatic carbocycles. The number of alkyl halides is 2. The largest absolute Gasteiger partial charge is 0.434 e. The summed E-state index contributed by atoms with van der Waals surface area (Å²) >= 11 is 9.32. The van der Waals surface area contributed by atoms with Crippen LogP contribution in [0.2, 0.25) is 5.02 Å². The smallest absolute Gasteiger partial charge is 0.387 e. The van der Waals surface area contributed by atoms with Gasteiger partial charge in [-0.25, -0.2) is 4.39 Å². The Hall–Kier alpha value is -1.77. The van der Waals surface area contributed by atoms with E-state index in [1.54, 1.807) is 17.0 Å². The Morgan fingerprint density at radius 3 is 2.54 bits per heavy atom. The van der Waals surface area contributed by atoms with Crippen molar-refractivity contribution in [2.45, 2.75) is 13.2 Å². The van der Waals surface area contributed by atoms with E-state index in [0.29, 0.717) is 47.8 Å². The average Bonchev–Trinajstić information content (AvgIpc) is 2.66. The number of carbonyl (C=O) groups excluding carboxylic acids is 1. The molecule has 0 aliphatic carbocycles. The van der Waals surface area contributed by atoms with Crippen LogP contribution in [0.15, 0.2) is 40.9 Å². The van der Waals surface area contributed by atoms with Gasteiger partial charge < -0.3 is 9.64 Å². The van der Waals surface area contributed by atoms with Gasteiger partial charge in [-0.05, 0) is 30.3 Å². The maximum absolute atomic E-state index is 14.0. The minimum Gasteiger partial charge on any atom is -0.434 e. The third kappa shape index (κ3) is 4.98. The molecule has 3 rings (SSSR count). The van der Waals surface area contributed by atoms with Crippen molar-refractivity contribution in [1.82, 2.24) is 9.80 Å². The van der Waals surface area contributed by atoms with E-state index in [9.17, 15) is 18.0 Å². The van der Waals surface area contributed by atoms with Crippen molar-refractivity contribution in [2.75, 3.05) is 26.2 Å². The number of nitrogens with zero attached hydrogens (tertiary/aromatic N) is 2. The number of rotatable bonds is 5. The zero-order valence-corrected chi connectivity index (χ0v) is 17.0. The van der Waals surface area contributed by atoms with Gasteiger partial charge in [-0.3, -0.25) is 9.69 Å². The molecular formula is C19H17BrClF3N2O2. The number of ether oxygens (including phenoxy) is 1. The molecule has 1 aliphatic rings. The first-order chi connectivity index (χ1) is 13.3. The summed E-state index contributed by atoms with van der Waals surface area (Å²) in [5, 5.41) is 0.362. The lowest BCUT2D eigenvalue weighted by Gasteiger charge is -2.35. The Kier molecular flexibility index (Phi) is 6.85. The van der Waals surface area contributed by atoms with E-state index in [1.165, 1.54) is 24.3 Å². The zero-order chi connectivity index (χ0) is 20.3. The highest BCUT2D eigenvalue weighted by Crippen LogP contribution is 2.27. The highest BCUT2D eigenvalue weighted by Gasteiger charge is 2.26. The zero-order valence-electron chi connectivity index (χ0n) is 14.7. The van der Waals surface area contributed by atoms with Crippen LogP contribution in [0.4, 0.5) is 13.2 Å². The van der Waals surface area contributed by atoms with Gasteiger partial charge in [0.1, 0.15) is 11.6 Å². The highest BCUT2D eigenvalue weighted by molar-refractivity contribution is 9.10. The summed E-state index contributed by atoms with van der Waals surface area (Å²) in [5.74, 6) is -0.918. The number of piperazine rings is 1. The summed E-state index contributed by atoms with van der Waals surface area (Å²) in [6, 6.07) is 8.88. The van der Waals surface area contributed by atoms with Crippen molar-refractivity contribution in [3.05, 3.63) is 62.8 Å². The normalized spacial score (nSPS) is 15.1. The SMILES string of the molecule is O=C(c1cc(Br)ccc1OC(F)F)N1CCN(Cc2c(F)cccc2Cl)CC1. The summed E-state index contributed by atoms with van der Waals surface area (Å²) in [4.78, 5) is 16.4. The Balaban J connectivity index is 1.67. The van der Waals surface area contributed by atoms with E-state index in [0.717, 1.165) is 0 Å². The van der Waals surface area contributed by atoms with E-state index in [-0.39, 0.29) is 23.0 Å². The van der Waals surface area contributed by atoms with Crippen molar-refractivity contribution in [2.24, 2.45) is 0 Å². The van der Waals surface area contributed by atoms with E-state index >= 15 is 0 Å². The van der Waals surface area contributed by atoms with Crippen molar-refractivity contribution in [3.63, 3.8) is 0 Å². The van der Waals surface area contributed by atoms with Gasteiger partial charge in [0, 0.05) is 47.8 Å². The molecule has 1 heterocycles.